The Labute approximate surface area is 129 Å². The Bertz CT molecular complexity index is 441. The minimum Gasteiger partial charge on any atom is -0.493 e. The predicted octanol–water partition coefficient (Wildman–Crippen LogP) is 3.95. The molecule has 2 rings (SSSR count). The highest BCUT2D eigenvalue weighted by molar-refractivity contribution is 5.29. The van der Waals surface area contributed by atoms with E-state index in [1.807, 2.05) is 6.20 Å². The molecule has 0 aliphatic heterocycles. The zero-order valence-electron chi connectivity index (χ0n) is 14.2. The summed E-state index contributed by atoms with van der Waals surface area (Å²) in [6.07, 6.45) is 6.96. The Kier molecular flexibility index (Phi) is 5.68. The topological polar surface area (TPSA) is 39.1 Å². The molecule has 4 nitrogen and oxygen atoms in total. The standard InChI is InChI=1S/C17H31N3O/c1-6-9-18-16(14-8-7-13(4)10-14)17-15(21-5)11-19-20(17)12(2)3/h11-14,16,18H,6-10H2,1-5H3. The molecule has 0 aromatic carbocycles. The molecule has 3 unspecified atom stereocenters. The normalized spacial score (nSPS) is 23.7. The summed E-state index contributed by atoms with van der Waals surface area (Å²) in [4.78, 5) is 0. The first-order chi connectivity index (χ1) is 10.1. The van der Waals surface area contributed by atoms with Crippen LogP contribution in [-0.4, -0.2) is 23.4 Å². The van der Waals surface area contributed by atoms with Crippen LogP contribution >= 0.6 is 0 Å². The summed E-state index contributed by atoms with van der Waals surface area (Å²) >= 11 is 0. The molecule has 1 fully saturated rings. The third-order valence-electron chi connectivity index (χ3n) is 4.62. The van der Waals surface area contributed by atoms with Gasteiger partial charge in [0.25, 0.3) is 0 Å². The molecule has 1 aliphatic rings. The first-order valence-electron chi connectivity index (χ1n) is 8.43. The van der Waals surface area contributed by atoms with Crippen LogP contribution in [0, 0.1) is 11.8 Å². The lowest BCUT2D eigenvalue weighted by Crippen LogP contribution is -2.31. The van der Waals surface area contributed by atoms with E-state index in [9.17, 15) is 0 Å². The second-order valence-corrected chi connectivity index (χ2v) is 6.75. The molecule has 3 atom stereocenters. The van der Waals surface area contributed by atoms with E-state index in [-0.39, 0.29) is 0 Å². The molecule has 21 heavy (non-hydrogen) atoms. The molecule has 120 valence electrons. The monoisotopic (exact) mass is 293 g/mol. The predicted molar refractivity (Wildman–Crippen MR) is 86.7 cm³/mol. The summed E-state index contributed by atoms with van der Waals surface area (Å²) < 4.78 is 7.73. The van der Waals surface area contributed by atoms with E-state index in [0.717, 1.165) is 24.6 Å². The van der Waals surface area contributed by atoms with Crippen molar-refractivity contribution in [3.05, 3.63) is 11.9 Å². The summed E-state index contributed by atoms with van der Waals surface area (Å²) in [5.41, 5.74) is 1.24. The minimum atomic E-state index is 0.355. The van der Waals surface area contributed by atoms with Gasteiger partial charge in [-0.05, 0) is 51.5 Å². The van der Waals surface area contributed by atoms with E-state index in [1.165, 1.54) is 25.0 Å². The van der Waals surface area contributed by atoms with Crippen LogP contribution in [0.15, 0.2) is 6.20 Å². The fraction of sp³-hybridized carbons (Fsp3) is 0.824. The van der Waals surface area contributed by atoms with Gasteiger partial charge < -0.3 is 10.1 Å². The largest absolute Gasteiger partial charge is 0.493 e. The van der Waals surface area contributed by atoms with E-state index in [1.54, 1.807) is 7.11 Å². The van der Waals surface area contributed by atoms with Crippen LogP contribution in [0.5, 0.6) is 5.75 Å². The summed E-state index contributed by atoms with van der Waals surface area (Å²) in [7, 11) is 1.75. The Hall–Kier alpha value is -1.03. The summed E-state index contributed by atoms with van der Waals surface area (Å²) in [6.45, 7) is 10.0. The van der Waals surface area contributed by atoms with Crippen molar-refractivity contribution in [3.8, 4) is 5.75 Å². The maximum atomic E-state index is 5.60. The molecular weight excluding hydrogens is 262 g/mol. The molecule has 0 radical (unpaired) electrons. The summed E-state index contributed by atoms with van der Waals surface area (Å²) in [5, 5.41) is 8.32. The quantitative estimate of drug-likeness (QED) is 0.827. The van der Waals surface area contributed by atoms with Crippen molar-refractivity contribution in [2.45, 2.75) is 65.5 Å². The van der Waals surface area contributed by atoms with E-state index in [0.29, 0.717) is 18.0 Å². The first kappa shape index (κ1) is 16.3. The summed E-state index contributed by atoms with van der Waals surface area (Å²) in [6, 6.07) is 0.711. The number of rotatable bonds is 7. The van der Waals surface area contributed by atoms with Crippen molar-refractivity contribution >= 4 is 0 Å². The highest BCUT2D eigenvalue weighted by Crippen LogP contribution is 2.41. The van der Waals surface area contributed by atoms with Gasteiger partial charge in [0.2, 0.25) is 0 Å². The van der Waals surface area contributed by atoms with E-state index in [4.69, 9.17) is 4.74 Å². The second kappa shape index (κ2) is 7.30. The average Bonchev–Trinajstić information content (AvgIpc) is 3.06. The highest BCUT2D eigenvalue weighted by Gasteiger charge is 2.33. The molecule has 1 N–H and O–H groups in total. The fourth-order valence-electron chi connectivity index (χ4n) is 3.56. The molecular formula is C17H31N3O. The lowest BCUT2D eigenvalue weighted by Gasteiger charge is -2.27. The molecule has 1 aliphatic carbocycles. The van der Waals surface area contributed by atoms with Gasteiger partial charge in [-0.1, -0.05) is 20.3 Å². The fourth-order valence-corrected chi connectivity index (χ4v) is 3.56. The molecule has 4 heteroatoms. The number of ether oxygens (including phenoxy) is 1. The Balaban J connectivity index is 2.33. The van der Waals surface area contributed by atoms with Crippen molar-refractivity contribution in [1.82, 2.24) is 15.1 Å². The number of methoxy groups -OCH3 is 1. The smallest absolute Gasteiger partial charge is 0.161 e. The lowest BCUT2D eigenvalue weighted by atomic mass is 9.93. The van der Waals surface area contributed by atoms with E-state index >= 15 is 0 Å². The van der Waals surface area contributed by atoms with Gasteiger partial charge in [-0.2, -0.15) is 5.10 Å². The Morgan fingerprint density at radius 3 is 2.71 bits per heavy atom. The van der Waals surface area contributed by atoms with Gasteiger partial charge in [0, 0.05) is 6.04 Å². The van der Waals surface area contributed by atoms with Crippen molar-refractivity contribution in [1.29, 1.82) is 0 Å². The van der Waals surface area contributed by atoms with Gasteiger partial charge in [-0.15, -0.1) is 0 Å². The van der Waals surface area contributed by atoms with Gasteiger partial charge in [-0.25, -0.2) is 0 Å². The molecule has 1 aromatic rings. The zero-order valence-corrected chi connectivity index (χ0v) is 14.2. The minimum absolute atomic E-state index is 0.355. The number of hydrogen-bond acceptors (Lipinski definition) is 3. The molecule has 1 heterocycles. The third-order valence-corrected chi connectivity index (χ3v) is 4.62. The molecule has 0 saturated heterocycles. The lowest BCUT2D eigenvalue weighted by molar-refractivity contribution is 0.315. The molecule has 0 bridgehead atoms. The van der Waals surface area contributed by atoms with Crippen LogP contribution in [0.25, 0.3) is 0 Å². The zero-order chi connectivity index (χ0) is 15.4. The van der Waals surface area contributed by atoms with Crippen LogP contribution in [0.4, 0.5) is 0 Å². The Morgan fingerprint density at radius 2 is 2.19 bits per heavy atom. The first-order valence-corrected chi connectivity index (χ1v) is 8.43. The maximum absolute atomic E-state index is 5.60. The van der Waals surface area contributed by atoms with E-state index < -0.39 is 0 Å². The van der Waals surface area contributed by atoms with Gasteiger partial charge in [0.1, 0.15) is 0 Å². The third kappa shape index (κ3) is 3.60. The number of nitrogens with one attached hydrogen (secondary N) is 1. The van der Waals surface area contributed by atoms with Gasteiger partial charge in [-0.3, -0.25) is 4.68 Å². The average molecular weight is 293 g/mol. The van der Waals surface area contributed by atoms with Gasteiger partial charge in [0.05, 0.1) is 25.0 Å². The van der Waals surface area contributed by atoms with E-state index in [2.05, 4.69) is 42.8 Å². The van der Waals surface area contributed by atoms with Gasteiger partial charge in [0.15, 0.2) is 5.75 Å². The van der Waals surface area contributed by atoms with Gasteiger partial charge >= 0.3 is 0 Å². The van der Waals surface area contributed by atoms with Crippen molar-refractivity contribution < 1.29 is 4.74 Å². The van der Waals surface area contributed by atoms with Crippen molar-refractivity contribution in [2.75, 3.05) is 13.7 Å². The molecule has 0 amide bonds. The molecule has 1 aromatic heterocycles. The number of hydrogen-bond donors (Lipinski definition) is 1. The number of aromatic nitrogens is 2. The van der Waals surface area contributed by atoms with Crippen molar-refractivity contribution in [2.24, 2.45) is 11.8 Å². The van der Waals surface area contributed by atoms with Crippen LogP contribution < -0.4 is 10.1 Å². The molecule has 1 saturated carbocycles. The van der Waals surface area contributed by atoms with Crippen LogP contribution in [0.1, 0.15) is 71.2 Å². The molecule has 0 spiro atoms. The maximum Gasteiger partial charge on any atom is 0.161 e. The SMILES string of the molecule is CCCNC(c1c(OC)cnn1C(C)C)C1CCC(C)C1. The summed E-state index contributed by atoms with van der Waals surface area (Å²) in [5.74, 6) is 2.45. The van der Waals surface area contributed by atoms with Crippen LogP contribution in [-0.2, 0) is 0 Å². The Morgan fingerprint density at radius 1 is 1.43 bits per heavy atom. The van der Waals surface area contributed by atoms with Crippen LogP contribution in [0.3, 0.4) is 0 Å². The highest BCUT2D eigenvalue weighted by atomic mass is 16.5. The van der Waals surface area contributed by atoms with Crippen molar-refractivity contribution in [3.63, 3.8) is 0 Å². The van der Waals surface area contributed by atoms with Crippen LogP contribution in [0.2, 0.25) is 0 Å². The number of nitrogens with zero attached hydrogens (tertiary/aromatic N) is 2. The second-order valence-electron chi connectivity index (χ2n) is 6.75.